The van der Waals surface area contributed by atoms with Crippen LogP contribution in [0.4, 0.5) is 11.4 Å². The highest BCUT2D eigenvalue weighted by Gasteiger charge is 2.17. The zero-order chi connectivity index (χ0) is 25.0. The van der Waals surface area contributed by atoms with E-state index in [2.05, 4.69) is 20.3 Å². The van der Waals surface area contributed by atoms with Crippen molar-refractivity contribution in [2.75, 3.05) is 17.6 Å². The first-order chi connectivity index (χ1) is 16.7. The average Bonchev–Trinajstić information content (AvgIpc) is 3.51. The van der Waals surface area contributed by atoms with Crippen LogP contribution in [0.15, 0.2) is 63.8 Å². The molecule has 4 aromatic rings. The largest absolute Gasteiger partial charge is 0.472 e. The van der Waals surface area contributed by atoms with Gasteiger partial charge in [-0.25, -0.2) is 4.98 Å². The molecular weight excluding hydrogens is 462 g/mol. The van der Waals surface area contributed by atoms with Crippen LogP contribution in [-0.4, -0.2) is 39.3 Å². The first kappa shape index (κ1) is 24.3. The zero-order valence-corrected chi connectivity index (χ0v) is 20.6. The molecule has 180 valence electrons. The molecule has 8 nitrogen and oxygen atoms in total. The number of aryl methyl sites for hydroxylation is 1. The summed E-state index contributed by atoms with van der Waals surface area (Å²) in [5.74, 6) is -0.341. The standard InChI is InChI=1S/C26H27N5O3S/c1-16-4-5-17(13-29-16)25-31-23(15-35-25)24(32)30-22-10-19(12-28-8-7-26(2,3)33)21(27)11-20(22)18-6-9-34-14-18/h4-6,9-15,33H,7-8,27H2,1-3H3,(H,30,32). The number of benzene rings is 1. The number of nitrogens with one attached hydrogen (secondary N) is 1. The number of rotatable bonds is 8. The van der Waals surface area contributed by atoms with E-state index in [1.165, 1.54) is 11.3 Å². The second-order valence-corrected chi connectivity index (χ2v) is 9.67. The summed E-state index contributed by atoms with van der Waals surface area (Å²) >= 11 is 1.38. The molecule has 0 bridgehead atoms. The van der Waals surface area contributed by atoms with Crippen molar-refractivity contribution in [2.24, 2.45) is 4.99 Å². The minimum atomic E-state index is -0.797. The highest BCUT2D eigenvalue weighted by atomic mass is 32.1. The van der Waals surface area contributed by atoms with Crippen LogP contribution in [0.1, 0.15) is 42.0 Å². The molecule has 0 atom stereocenters. The van der Waals surface area contributed by atoms with Gasteiger partial charge in [0, 0.05) is 63.7 Å². The first-order valence-corrected chi connectivity index (χ1v) is 12.0. The van der Waals surface area contributed by atoms with E-state index in [1.807, 2.05) is 19.1 Å². The molecule has 35 heavy (non-hydrogen) atoms. The Labute approximate surface area is 207 Å². The third-order valence-corrected chi connectivity index (χ3v) is 6.17. The monoisotopic (exact) mass is 489 g/mol. The number of carbonyl (C=O) groups is 1. The Hall–Kier alpha value is -3.82. The van der Waals surface area contributed by atoms with Crippen molar-refractivity contribution in [3.63, 3.8) is 0 Å². The number of furan rings is 1. The summed E-state index contributed by atoms with van der Waals surface area (Å²) in [4.78, 5) is 26.3. The molecule has 1 amide bonds. The van der Waals surface area contributed by atoms with E-state index in [9.17, 15) is 9.90 Å². The number of amides is 1. The van der Waals surface area contributed by atoms with Gasteiger partial charge in [0.1, 0.15) is 10.7 Å². The van der Waals surface area contributed by atoms with Crippen LogP contribution in [0.25, 0.3) is 21.7 Å². The summed E-state index contributed by atoms with van der Waals surface area (Å²) in [6.07, 6.45) is 7.07. The Kier molecular flexibility index (Phi) is 7.09. The maximum absolute atomic E-state index is 13.1. The molecule has 4 rings (SSSR count). The lowest BCUT2D eigenvalue weighted by Crippen LogP contribution is -2.19. The molecule has 0 radical (unpaired) electrons. The number of nitrogens with two attached hydrogens (primary N) is 1. The lowest BCUT2D eigenvalue weighted by molar-refractivity contribution is 0.0739. The highest BCUT2D eigenvalue weighted by molar-refractivity contribution is 7.13. The van der Waals surface area contributed by atoms with E-state index in [-0.39, 0.29) is 5.91 Å². The van der Waals surface area contributed by atoms with E-state index in [0.717, 1.165) is 27.4 Å². The van der Waals surface area contributed by atoms with Gasteiger partial charge in [0.2, 0.25) is 0 Å². The molecule has 0 saturated carbocycles. The fourth-order valence-corrected chi connectivity index (χ4v) is 4.09. The van der Waals surface area contributed by atoms with Gasteiger partial charge in [-0.1, -0.05) is 0 Å². The van der Waals surface area contributed by atoms with Gasteiger partial charge in [-0.2, -0.15) is 0 Å². The molecule has 0 fully saturated rings. The molecule has 3 aromatic heterocycles. The topological polar surface area (TPSA) is 127 Å². The summed E-state index contributed by atoms with van der Waals surface area (Å²) in [6.45, 7) is 5.84. The third kappa shape index (κ3) is 6.20. The molecule has 0 aliphatic heterocycles. The van der Waals surface area contributed by atoms with E-state index in [4.69, 9.17) is 10.2 Å². The van der Waals surface area contributed by atoms with Crippen molar-refractivity contribution < 1.29 is 14.3 Å². The molecular formula is C26H27N5O3S. The number of nitrogen functional groups attached to an aromatic ring is 1. The van der Waals surface area contributed by atoms with Crippen LogP contribution in [0.3, 0.4) is 0 Å². The van der Waals surface area contributed by atoms with Crippen LogP contribution in [0, 0.1) is 6.92 Å². The lowest BCUT2D eigenvalue weighted by Gasteiger charge is -2.15. The highest BCUT2D eigenvalue weighted by Crippen LogP contribution is 2.33. The number of hydrogen-bond donors (Lipinski definition) is 3. The molecule has 9 heteroatoms. The Morgan fingerprint density at radius 1 is 1.29 bits per heavy atom. The van der Waals surface area contributed by atoms with Gasteiger partial charge < -0.3 is 20.6 Å². The predicted octanol–water partition coefficient (Wildman–Crippen LogP) is 5.19. The van der Waals surface area contributed by atoms with E-state index in [1.54, 1.807) is 62.4 Å². The smallest absolute Gasteiger partial charge is 0.275 e. The van der Waals surface area contributed by atoms with Gasteiger partial charge in [-0.3, -0.25) is 14.8 Å². The Morgan fingerprint density at radius 3 is 2.80 bits per heavy atom. The number of aliphatic imine (C=N–C) groups is 1. The van der Waals surface area contributed by atoms with Crippen molar-refractivity contribution in [1.82, 2.24) is 9.97 Å². The number of aliphatic hydroxyl groups is 1. The summed E-state index contributed by atoms with van der Waals surface area (Å²) in [5.41, 5.74) is 10.8. The zero-order valence-electron chi connectivity index (χ0n) is 19.8. The summed E-state index contributed by atoms with van der Waals surface area (Å²) < 4.78 is 5.24. The molecule has 0 spiro atoms. The van der Waals surface area contributed by atoms with Crippen LogP contribution in [0.2, 0.25) is 0 Å². The van der Waals surface area contributed by atoms with Crippen molar-refractivity contribution >= 4 is 34.8 Å². The van der Waals surface area contributed by atoms with Gasteiger partial charge in [-0.05, 0) is 57.5 Å². The van der Waals surface area contributed by atoms with Gasteiger partial charge in [0.25, 0.3) is 5.91 Å². The number of pyridine rings is 1. The fraction of sp³-hybridized carbons (Fsp3) is 0.231. The second kappa shape index (κ2) is 10.2. The summed E-state index contributed by atoms with van der Waals surface area (Å²) in [5, 5.41) is 15.3. The van der Waals surface area contributed by atoms with Crippen LogP contribution >= 0.6 is 11.3 Å². The van der Waals surface area contributed by atoms with Gasteiger partial charge in [0.05, 0.1) is 18.1 Å². The van der Waals surface area contributed by atoms with Crippen molar-refractivity contribution in [1.29, 1.82) is 0 Å². The van der Waals surface area contributed by atoms with Crippen molar-refractivity contribution in [3.8, 4) is 21.7 Å². The summed E-state index contributed by atoms with van der Waals surface area (Å²) in [6, 6.07) is 9.20. The third-order valence-electron chi connectivity index (χ3n) is 5.28. The van der Waals surface area contributed by atoms with Crippen LogP contribution < -0.4 is 11.1 Å². The lowest BCUT2D eigenvalue weighted by atomic mass is 10.0. The number of thiazole rings is 1. The Morgan fingerprint density at radius 2 is 2.11 bits per heavy atom. The van der Waals surface area contributed by atoms with Crippen LogP contribution in [0.5, 0.6) is 0 Å². The molecule has 0 aliphatic carbocycles. The quantitative estimate of drug-likeness (QED) is 0.231. The number of aromatic nitrogens is 2. The molecule has 3 heterocycles. The number of nitrogens with zero attached hydrogens (tertiary/aromatic N) is 3. The van der Waals surface area contributed by atoms with Crippen molar-refractivity contribution in [2.45, 2.75) is 32.8 Å². The second-order valence-electron chi connectivity index (χ2n) is 8.82. The number of hydrogen-bond acceptors (Lipinski definition) is 8. The SMILES string of the molecule is Cc1ccc(-c2nc(C(=O)Nc3cc(C=NCCC(C)(C)O)c(N)cc3-c3ccoc3)cs2)cn1. The number of carbonyl (C=O) groups excluding carboxylic acids is 1. The molecule has 1 aromatic carbocycles. The average molecular weight is 490 g/mol. The Balaban J connectivity index is 1.60. The maximum atomic E-state index is 13.1. The molecule has 0 aliphatic rings. The van der Waals surface area contributed by atoms with Gasteiger partial charge in [0.15, 0.2) is 0 Å². The minimum absolute atomic E-state index is 0.306. The Bertz CT molecular complexity index is 1340. The van der Waals surface area contributed by atoms with Crippen molar-refractivity contribution in [3.05, 3.63) is 71.4 Å². The predicted molar refractivity (Wildman–Crippen MR) is 140 cm³/mol. The van der Waals surface area contributed by atoms with Gasteiger partial charge in [-0.15, -0.1) is 11.3 Å². The number of anilines is 2. The van der Waals surface area contributed by atoms with E-state index >= 15 is 0 Å². The molecule has 0 saturated heterocycles. The maximum Gasteiger partial charge on any atom is 0.275 e. The molecule has 4 N–H and O–H groups in total. The van der Waals surface area contributed by atoms with E-state index < -0.39 is 5.60 Å². The van der Waals surface area contributed by atoms with Crippen LogP contribution in [-0.2, 0) is 0 Å². The first-order valence-electron chi connectivity index (χ1n) is 11.1. The minimum Gasteiger partial charge on any atom is -0.472 e. The van der Waals surface area contributed by atoms with E-state index in [0.29, 0.717) is 35.6 Å². The normalized spacial score (nSPS) is 11.8. The fourth-order valence-electron chi connectivity index (χ4n) is 3.30. The summed E-state index contributed by atoms with van der Waals surface area (Å²) in [7, 11) is 0. The molecule has 0 unspecified atom stereocenters. The van der Waals surface area contributed by atoms with Gasteiger partial charge >= 0.3 is 0 Å².